The third-order valence-electron chi connectivity index (χ3n) is 3.12. The number of carbonyl (C=O) groups excluding carboxylic acids is 1. The van der Waals surface area contributed by atoms with Crippen LogP contribution in [0, 0.1) is 6.92 Å². The molecule has 2 aromatic rings. The largest absolute Gasteiger partial charge is 0.494 e. The van der Waals surface area contributed by atoms with Crippen LogP contribution in [0.15, 0.2) is 24.4 Å². The van der Waals surface area contributed by atoms with Crippen molar-refractivity contribution in [3.63, 3.8) is 0 Å². The molecule has 0 saturated carbocycles. The molecule has 2 rings (SSSR count). The van der Waals surface area contributed by atoms with Crippen LogP contribution in [-0.4, -0.2) is 22.2 Å². The zero-order valence-corrected chi connectivity index (χ0v) is 10.8. The standard InChI is InChI=1S/C14H17NO3/c1-4-18-14(17)10(3)15-8-12-9(2)6-5-7-11(12)13(15)16/h5-8,10,16H,4H2,1-3H3/t10-/m0/s1. The number of aryl methyl sites for hydroxylation is 1. The summed E-state index contributed by atoms with van der Waals surface area (Å²) in [5.41, 5.74) is 1.07. The molecule has 1 heterocycles. The van der Waals surface area contributed by atoms with Crippen LogP contribution < -0.4 is 0 Å². The fourth-order valence-corrected chi connectivity index (χ4v) is 2.06. The predicted molar refractivity (Wildman–Crippen MR) is 69.7 cm³/mol. The Morgan fingerprint density at radius 2 is 2.17 bits per heavy atom. The number of esters is 1. The van der Waals surface area contributed by atoms with Crippen LogP contribution in [0.1, 0.15) is 25.5 Å². The summed E-state index contributed by atoms with van der Waals surface area (Å²) >= 11 is 0. The van der Waals surface area contributed by atoms with Crippen molar-refractivity contribution in [2.75, 3.05) is 6.61 Å². The Bertz CT molecular complexity index is 586. The van der Waals surface area contributed by atoms with E-state index in [1.165, 1.54) is 0 Å². The number of rotatable bonds is 3. The summed E-state index contributed by atoms with van der Waals surface area (Å²) in [7, 11) is 0. The Labute approximate surface area is 106 Å². The molecule has 0 radical (unpaired) electrons. The summed E-state index contributed by atoms with van der Waals surface area (Å²) in [6.07, 6.45) is 1.79. The van der Waals surface area contributed by atoms with Gasteiger partial charge >= 0.3 is 5.97 Å². The fraction of sp³-hybridized carbons (Fsp3) is 0.357. The minimum Gasteiger partial charge on any atom is -0.494 e. The third-order valence-corrected chi connectivity index (χ3v) is 3.12. The van der Waals surface area contributed by atoms with Gasteiger partial charge in [-0.05, 0) is 32.4 Å². The lowest BCUT2D eigenvalue weighted by Crippen LogP contribution is -2.18. The number of aromatic nitrogens is 1. The summed E-state index contributed by atoms with van der Waals surface area (Å²) in [4.78, 5) is 11.7. The van der Waals surface area contributed by atoms with E-state index in [-0.39, 0.29) is 11.8 Å². The molecular formula is C14H17NO3. The van der Waals surface area contributed by atoms with Gasteiger partial charge < -0.3 is 14.4 Å². The van der Waals surface area contributed by atoms with E-state index in [9.17, 15) is 9.90 Å². The lowest BCUT2D eigenvalue weighted by Gasteiger charge is -2.13. The van der Waals surface area contributed by atoms with Gasteiger partial charge in [0.05, 0.1) is 6.61 Å². The van der Waals surface area contributed by atoms with Gasteiger partial charge in [0, 0.05) is 17.0 Å². The zero-order valence-electron chi connectivity index (χ0n) is 10.8. The van der Waals surface area contributed by atoms with Gasteiger partial charge in [-0.2, -0.15) is 0 Å². The second-order valence-electron chi connectivity index (χ2n) is 4.32. The fourth-order valence-electron chi connectivity index (χ4n) is 2.06. The van der Waals surface area contributed by atoms with Gasteiger partial charge in [0.2, 0.25) is 0 Å². The molecule has 0 unspecified atom stereocenters. The summed E-state index contributed by atoms with van der Waals surface area (Å²) in [6.45, 7) is 5.79. The van der Waals surface area contributed by atoms with Crippen LogP contribution in [0.5, 0.6) is 5.88 Å². The summed E-state index contributed by atoms with van der Waals surface area (Å²) in [5, 5.41) is 11.9. The lowest BCUT2D eigenvalue weighted by atomic mass is 10.1. The van der Waals surface area contributed by atoms with Gasteiger partial charge in [-0.1, -0.05) is 12.1 Å². The van der Waals surface area contributed by atoms with Gasteiger partial charge in [0.25, 0.3) is 0 Å². The molecule has 4 heteroatoms. The number of ether oxygens (including phenoxy) is 1. The number of hydrogen-bond donors (Lipinski definition) is 1. The molecule has 0 saturated heterocycles. The van der Waals surface area contributed by atoms with E-state index in [2.05, 4.69) is 0 Å². The molecule has 4 nitrogen and oxygen atoms in total. The van der Waals surface area contributed by atoms with Crippen molar-refractivity contribution in [3.8, 4) is 5.88 Å². The Balaban J connectivity index is 2.49. The first-order valence-corrected chi connectivity index (χ1v) is 6.02. The lowest BCUT2D eigenvalue weighted by molar-refractivity contribution is -0.146. The first kappa shape index (κ1) is 12.5. The van der Waals surface area contributed by atoms with Crippen molar-refractivity contribution in [3.05, 3.63) is 30.0 Å². The molecule has 1 N–H and O–H groups in total. The minimum atomic E-state index is -0.531. The summed E-state index contributed by atoms with van der Waals surface area (Å²) in [6, 6.07) is 5.17. The van der Waals surface area contributed by atoms with Gasteiger partial charge in [-0.25, -0.2) is 4.79 Å². The highest BCUT2D eigenvalue weighted by Crippen LogP contribution is 2.32. The van der Waals surface area contributed by atoms with Crippen molar-refractivity contribution in [2.24, 2.45) is 0 Å². The molecule has 0 aliphatic heterocycles. The maximum Gasteiger partial charge on any atom is 0.328 e. The van der Waals surface area contributed by atoms with E-state index in [0.717, 1.165) is 16.3 Å². The van der Waals surface area contributed by atoms with Crippen molar-refractivity contribution >= 4 is 16.7 Å². The SMILES string of the molecule is CCOC(=O)[C@H](C)n1cc2c(C)cccc2c1O. The Hall–Kier alpha value is -1.97. The third kappa shape index (κ3) is 1.94. The second kappa shape index (κ2) is 4.72. The van der Waals surface area contributed by atoms with E-state index >= 15 is 0 Å². The predicted octanol–water partition coefficient (Wildman–Crippen LogP) is 2.78. The van der Waals surface area contributed by atoms with Crippen LogP contribution in [0.2, 0.25) is 0 Å². The van der Waals surface area contributed by atoms with E-state index in [1.54, 1.807) is 24.6 Å². The zero-order chi connectivity index (χ0) is 13.3. The number of aromatic hydroxyl groups is 1. The maximum absolute atomic E-state index is 11.7. The number of nitrogens with zero attached hydrogens (tertiary/aromatic N) is 1. The van der Waals surface area contributed by atoms with Crippen molar-refractivity contribution in [2.45, 2.75) is 26.8 Å². The van der Waals surface area contributed by atoms with Crippen LogP contribution in [-0.2, 0) is 9.53 Å². The van der Waals surface area contributed by atoms with Gasteiger partial charge in [0.1, 0.15) is 6.04 Å². The van der Waals surface area contributed by atoms with Crippen molar-refractivity contribution in [1.29, 1.82) is 0 Å². The smallest absolute Gasteiger partial charge is 0.328 e. The highest BCUT2D eigenvalue weighted by molar-refractivity contribution is 5.91. The van der Waals surface area contributed by atoms with E-state index in [4.69, 9.17) is 4.74 Å². The minimum absolute atomic E-state index is 0.106. The van der Waals surface area contributed by atoms with E-state index in [0.29, 0.717) is 6.61 Å². The average Bonchev–Trinajstić information content (AvgIpc) is 2.68. The first-order chi connectivity index (χ1) is 8.56. The van der Waals surface area contributed by atoms with Crippen molar-refractivity contribution in [1.82, 2.24) is 4.57 Å². The van der Waals surface area contributed by atoms with Crippen LogP contribution in [0.4, 0.5) is 0 Å². The molecule has 1 aromatic heterocycles. The second-order valence-corrected chi connectivity index (χ2v) is 4.32. The molecule has 0 aliphatic rings. The molecule has 0 amide bonds. The average molecular weight is 247 g/mol. The van der Waals surface area contributed by atoms with Gasteiger partial charge in [-0.3, -0.25) is 0 Å². The Morgan fingerprint density at radius 3 is 2.78 bits per heavy atom. The summed E-state index contributed by atoms with van der Waals surface area (Å²) < 4.78 is 6.52. The number of fused-ring (bicyclic) bond motifs is 1. The van der Waals surface area contributed by atoms with Crippen LogP contribution in [0.3, 0.4) is 0 Å². The highest BCUT2D eigenvalue weighted by atomic mass is 16.5. The van der Waals surface area contributed by atoms with Crippen molar-refractivity contribution < 1.29 is 14.6 Å². The Kier molecular flexibility index (Phi) is 3.28. The van der Waals surface area contributed by atoms with Crippen LogP contribution >= 0.6 is 0 Å². The van der Waals surface area contributed by atoms with Gasteiger partial charge in [0.15, 0.2) is 5.88 Å². The number of carbonyl (C=O) groups is 1. The number of hydrogen-bond acceptors (Lipinski definition) is 3. The molecule has 96 valence electrons. The molecule has 0 aliphatic carbocycles. The molecular weight excluding hydrogens is 230 g/mol. The molecule has 0 bridgehead atoms. The molecule has 18 heavy (non-hydrogen) atoms. The topological polar surface area (TPSA) is 51.5 Å². The number of benzene rings is 1. The maximum atomic E-state index is 11.7. The molecule has 1 aromatic carbocycles. The van der Waals surface area contributed by atoms with Gasteiger partial charge in [-0.15, -0.1) is 0 Å². The normalized spacial score (nSPS) is 12.6. The van der Waals surface area contributed by atoms with Crippen LogP contribution in [0.25, 0.3) is 10.8 Å². The Morgan fingerprint density at radius 1 is 1.44 bits per heavy atom. The summed E-state index contributed by atoms with van der Waals surface area (Å²) in [5.74, 6) is -0.236. The molecule has 1 atom stereocenters. The first-order valence-electron chi connectivity index (χ1n) is 6.02. The monoisotopic (exact) mass is 247 g/mol. The molecule has 0 fully saturated rings. The van der Waals surface area contributed by atoms with E-state index < -0.39 is 6.04 Å². The quantitative estimate of drug-likeness (QED) is 0.848. The molecule has 0 spiro atoms. The highest BCUT2D eigenvalue weighted by Gasteiger charge is 2.20. The van der Waals surface area contributed by atoms with E-state index in [1.807, 2.05) is 25.1 Å².